The highest BCUT2D eigenvalue weighted by atomic mass is 16.4. The number of carbonyl (C=O) groups excluding carboxylic acids is 8. The van der Waals surface area contributed by atoms with E-state index < -0.39 is 127 Å². The first-order valence-corrected chi connectivity index (χ1v) is 19.6. The Morgan fingerprint density at radius 2 is 0.897 bits per heavy atom. The van der Waals surface area contributed by atoms with Crippen molar-refractivity contribution in [3.8, 4) is 0 Å². The van der Waals surface area contributed by atoms with Crippen LogP contribution in [0.25, 0.3) is 0 Å². The third-order valence-electron chi connectivity index (χ3n) is 11.1. The van der Waals surface area contributed by atoms with Crippen molar-refractivity contribution >= 4 is 53.2 Å². The Balaban J connectivity index is 1.41. The van der Waals surface area contributed by atoms with E-state index in [4.69, 9.17) is 0 Å². The molecular formula is C36H56N8O14. The third kappa shape index (κ3) is 10.4. The molecule has 0 bridgehead atoms. The molecule has 4 rings (SSSR count). The van der Waals surface area contributed by atoms with Crippen LogP contribution in [0.15, 0.2) is 0 Å². The lowest BCUT2D eigenvalue weighted by atomic mass is 10.1. The minimum absolute atomic E-state index is 0.0449. The van der Waals surface area contributed by atoms with E-state index in [9.17, 15) is 68.7 Å². The first-order chi connectivity index (χ1) is 27.4. The summed E-state index contributed by atoms with van der Waals surface area (Å²) in [5.74, 6) is -7.22. The molecule has 4 heterocycles. The average Bonchev–Trinajstić information content (AvgIpc) is 4.02. The van der Waals surface area contributed by atoms with Gasteiger partial charge in [-0.1, -0.05) is 0 Å². The number of hydrogen-bond donors (Lipinski definition) is 9. The quantitative estimate of drug-likeness (QED) is 0.0703. The van der Waals surface area contributed by atoms with Crippen LogP contribution in [0.4, 0.5) is 0 Å². The highest BCUT2D eigenvalue weighted by Gasteiger charge is 2.46. The Hall–Kier alpha value is -4.93. The molecule has 8 amide bonds. The predicted octanol–water partition coefficient (Wildman–Crippen LogP) is -5.26. The number of nitrogens with zero attached hydrogens (tertiary/aromatic N) is 4. The van der Waals surface area contributed by atoms with E-state index in [1.54, 1.807) is 0 Å². The zero-order valence-electron chi connectivity index (χ0n) is 32.9. The summed E-state index contributed by atoms with van der Waals surface area (Å²) in [5.41, 5.74) is 0. The summed E-state index contributed by atoms with van der Waals surface area (Å²) in [6, 6.07) is -10.3. The smallest absolute Gasteiger partial charge is 0.328 e. The van der Waals surface area contributed by atoms with E-state index in [0.29, 0.717) is 25.7 Å². The molecule has 22 heteroatoms. The molecule has 0 aromatic heterocycles. The van der Waals surface area contributed by atoms with Crippen molar-refractivity contribution in [2.75, 3.05) is 39.4 Å². The van der Waals surface area contributed by atoms with Gasteiger partial charge in [0, 0.05) is 33.1 Å². The van der Waals surface area contributed by atoms with Crippen molar-refractivity contribution < 1.29 is 68.7 Å². The van der Waals surface area contributed by atoms with Crippen LogP contribution in [0.5, 0.6) is 0 Å². The SMILES string of the molecule is CC(=O)N[C@H](C(=O)N1CCC[C@H]1C(=O)N1CCC[C@H]1C(=O)N[C@H](C(=O)N1CCC[C@H]1C(=O)N[C@@H](CO)C(=O)N1CCC[C@H]1C(=O)N[C@@H](CO)C(=O)O)[C@H](C)O)[C@@H](C)O. The second-order valence-electron chi connectivity index (χ2n) is 15.2. The van der Waals surface area contributed by atoms with Gasteiger partial charge in [0.25, 0.3) is 0 Å². The second kappa shape index (κ2) is 20.2. The van der Waals surface area contributed by atoms with Crippen LogP contribution >= 0.6 is 0 Å². The molecule has 0 radical (unpaired) electrons. The molecule has 0 spiro atoms. The second-order valence-corrected chi connectivity index (χ2v) is 15.2. The van der Waals surface area contributed by atoms with E-state index >= 15 is 0 Å². The number of aliphatic carboxylic acids is 1. The number of nitrogens with one attached hydrogen (secondary N) is 4. The van der Waals surface area contributed by atoms with E-state index in [2.05, 4.69) is 21.3 Å². The maximum atomic E-state index is 13.9. The highest BCUT2D eigenvalue weighted by molar-refractivity contribution is 5.98. The lowest BCUT2D eigenvalue weighted by Crippen LogP contribution is -2.61. The van der Waals surface area contributed by atoms with Crippen molar-refractivity contribution in [1.82, 2.24) is 40.9 Å². The molecule has 4 aliphatic heterocycles. The molecule has 4 aliphatic rings. The van der Waals surface area contributed by atoms with Crippen molar-refractivity contribution in [1.29, 1.82) is 0 Å². The topological polar surface area (TPSA) is 316 Å². The van der Waals surface area contributed by atoms with E-state index in [-0.39, 0.29) is 51.9 Å². The van der Waals surface area contributed by atoms with Crippen molar-refractivity contribution in [3.05, 3.63) is 0 Å². The maximum Gasteiger partial charge on any atom is 0.328 e. The molecule has 4 fully saturated rings. The largest absolute Gasteiger partial charge is 0.480 e. The third-order valence-corrected chi connectivity index (χ3v) is 11.1. The molecule has 22 nitrogen and oxygen atoms in total. The fourth-order valence-electron chi connectivity index (χ4n) is 8.10. The highest BCUT2D eigenvalue weighted by Crippen LogP contribution is 2.27. The molecule has 0 aromatic carbocycles. The molecule has 324 valence electrons. The molecule has 0 aromatic rings. The van der Waals surface area contributed by atoms with Crippen LogP contribution in [-0.2, 0) is 43.2 Å². The average molecular weight is 825 g/mol. The maximum absolute atomic E-state index is 13.9. The number of carboxylic acid groups (broad SMARTS) is 1. The number of rotatable bonds is 16. The fraction of sp³-hybridized carbons (Fsp3) is 0.750. The molecule has 9 N–H and O–H groups in total. The summed E-state index contributed by atoms with van der Waals surface area (Å²) < 4.78 is 0. The Bertz CT molecular complexity index is 1590. The van der Waals surface area contributed by atoms with Crippen molar-refractivity contribution in [2.24, 2.45) is 0 Å². The summed E-state index contributed by atoms with van der Waals surface area (Å²) in [6.45, 7) is 2.51. The predicted molar refractivity (Wildman–Crippen MR) is 198 cm³/mol. The minimum Gasteiger partial charge on any atom is -0.480 e. The van der Waals surface area contributed by atoms with E-state index in [0.717, 1.165) is 9.80 Å². The van der Waals surface area contributed by atoms with Gasteiger partial charge in [0.1, 0.15) is 48.3 Å². The number of aliphatic hydroxyl groups excluding tert-OH is 4. The Kier molecular flexibility index (Phi) is 15.9. The van der Waals surface area contributed by atoms with Crippen LogP contribution in [0.1, 0.15) is 72.1 Å². The zero-order valence-corrected chi connectivity index (χ0v) is 32.9. The monoisotopic (exact) mass is 824 g/mol. The molecule has 0 unspecified atom stereocenters. The normalized spacial score (nSPS) is 24.9. The van der Waals surface area contributed by atoms with Gasteiger partial charge < -0.3 is 66.4 Å². The summed E-state index contributed by atoms with van der Waals surface area (Å²) in [5, 5.41) is 59.0. The number of hydrogen-bond acceptors (Lipinski definition) is 13. The van der Waals surface area contributed by atoms with E-state index in [1.807, 2.05) is 0 Å². The molecule has 10 atom stereocenters. The Morgan fingerprint density at radius 1 is 0.534 bits per heavy atom. The fourth-order valence-corrected chi connectivity index (χ4v) is 8.10. The number of likely N-dealkylation sites (tertiary alicyclic amines) is 4. The number of amides is 8. The van der Waals surface area contributed by atoms with Gasteiger partial charge in [0.2, 0.25) is 47.3 Å². The zero-order chi connectivity index (χ0) is 43.0. The standard InChI is InChI=1S/C36H56N8O14/c1-18(47)27(37-20(3)49)34(55)44-15-7-11-26(44)33(54)42-13-5-10-25(42)31(52)40-28(19(2)48)35(56)43-14-6-9-24(43)29(50)38-21(16-45)32(53)41-12-4-8-23(41)30(51)39-22(17-46)36(57)58/h18-19,21-28,45-48H,4-17H2,1-3H3,(H,37,49)(H,38,50)(H,39,51)(H,40,52)(H,57,58)/t18-,19+,21+,22+,23+,24+,25+,26+,27+,28+/m1/s1. The molecule has 0 aliphatic carbocycles. The lowest BCUT2D eigenvalue weighted by molar-refractivity contribution is -0.150. The molecule has 58 heavy (non-hydrogen) atoms. The van der Waals surface area contributed by atoms with Gasteiger partial charge in [-0.05, 0) is 65.2 Å². The summed E-state index contributed by atoms with van der Waals surface area (Å²) in [6.07, 6.45) is -0.324. The van der Waals surface area contributed by atoms with Gasteiger partial charge in [0.05, 0.1) is 25.4 Å². The summed E-state index contributed by atoms with van der Waals surface area (Å²) in [7, 11) is 0. The van der Waals surface area contributed by atoms with E-state index in [1.165, 1.54) is 30.6 Å². The Labute approximate surface area is 334 Å². The minimum atomic E-state index is -1.60. The first-order valence-electron chi connectivity index (χ1n) is 19.6. The first kappa shape index (κ1) is 45.8. The van der Waals surface area contributed by atoms with Crippen LogP contribution in [0.2, 0.25) is 0 Å². The van der Waals surface area contributed by atoms with Gasteiger partial charge in [-0.2, -0.15) is 0 Å². The summed E-state index contributed by atoms with van der Waals surface area (Å²) >= 11 is 0. The lowest BCUT2D eigenvalue weighted by Gasteiger charge is -2.34. The van der Waals surface area contributed by atoms with Crippen LogP contribution in [0.3, 0.4) is 0 Å². The number of carbonyl (C=O) groups is 9. The molecule has 0 saturated carbocycles. The van der Waals surface area contributed by atoms with Crippen molar-refractivity contribution in [3.63, 3.8) is 0 Å². The number of aliphatic hydroxyl groups is 4. The Morgan fingerprint density at radius 3 is 1.33 bits per heavy atom. The van der Waals surface area contributed by atoms with Gasteiger partial charge in [-0.3, -0.25) is 38.4 Å². The van der Waals surface area contributed by atoms with Crippen LogP contribution < -0.4 is 21.3 Å². The molecule has 4 saturated heterocycles. The number of carboxylic acids is 1. The van der Waals surface area contributed by atoms with Gasteiger partial charge in [-0.15, -0.1) is 0 Å². The van der Waals surface area contributed by atoms with Crippen molar-refractivity contribution in [2.45, 2.75) is 133 Å². The molecular weight excluding hydrogens is 768 g/mol. The van der Waals surface area contributed by atoms with Gasteiger partial charge in [-0.25, -0.2) is 4.79 Å². The van der Waals surface area contributed by atoms with Gasteiger partial charge in [0.15, 0.2) is 0 Å². The van der Waals surface area contributed by atoms with Crippen LogP contribution in [-0.4, -0.2) is 198 Å². The van der Waals surface area contributed by atoms with Gasteiger partial charge >= 0.3 is 5.97 Å². The van der Waals surface area contributed by atoms with Crippen LogP contribution in [0, 0.1) is 0 Å². The summed E-state index contributed by atoms with van der Waals surface area (Å²) in [4.78, 5) is 123.